The number of rotatable bonds is 9. The van der Waals surface area contributed by atoms with E-state index in [0.29, 0.717) is 33.5 Å². The Bertz CT molecular complexity index is 1360. The van der Waals surface area contributed by atoms with Gasteiger partial charge in [-0.1, -0.05) is 36.0 Å². The number of nitrogens with one attached hydrogen (secondary N) is 1. The molecular weight excluding hydrogens is 508 g/mol. The molecule has 0 atom stereocenters. The molecule has 0 fully saturated rings. The van der Waals surface area contributed by atoms with Crippen LogP contribution in [0.5, 0.6) is 0 Å². The van der Waals surface area contributed by atoms with Crippen molar-refractivity contribution in [2.75, 3.05) is 7.11 Å². The fraction of sp³-hybridized carbons (Fsp3) is 0.192. The van der Waals surface area contributed by atoms with Gasteiger partial charge in [-0.05, 0) is 59.7 Å². The molecule has 0 unspecified atom stereocenters. The zero-order valence-corrected chi connectivity index (χ0v) is 20.4. The van der Waals surface area contributed by atoms with Crippen LogP contribution >= 0.6 is 11.8 Å². The van der Waals surface area contributed by atoms with Gasteiger partial charge in [0.15, 0.2) is 11.0 Å². The van der Waals surface area contributed by atoms with Crippen molar-refractivity contribution in [1.29, 1.82) is 0 Å². The molecule has 0 radical (unpaired) electrons. The van der Waals surface area contributed by atoms with Crippen molar-refractivity contribution < 1.29 is 27.1 Å². The zero-order valence-electron chi connectivity index (χ0n) is 19.6. The maximum absolute atomic E-state index is 13.4. The number of methoxy groups -OCH3 is 1. The molecule has 0 aliphatic carbocycles. The standard InChI is InChI=1S/C26H22F4N4O2S/c1-36-15-23-32-33-25(34(23)22-11-9-21(27)10-12-22)37-16-17-5-7-19(8-6-17)24(35)31-14-18-3-2-4-20(13-18)26(28,29)30/h2-13H,14-16H2,1H3,(H,31,35). The van der Waals surface area contributed by atoms with Gasteiger partial charge in [-0.3, -0.25) is 9.36 Å². The summed E-state index contributed by atoms with van der Waals surface area (Å²) in [6, 6.07) is 17.7. The molecular formula is C26H22F4N4O2S. The fourth-order valence-electron chi connectivity index (χ4n) is 3.51. The molecule has 37 heavy (non-hydrogen) atoms. The minimum Gasteiger partial charge on any atom is -0.377 e. The molecule has 0 bridgehead atoms. The lowest BCUT2D eigenvalue weighted by Gasteiger charge is -2.11. The van der Waals surface area contributed by atoms with E-state index in [0.717, 1.165) is 17.7 Å². The van der Waals surface area contributed by atoms with E-state index in [9.17, 15) is 22.4 Å². The van der Waals surface area contributed by atoms with Crippen molar-refractivity contribution in [2.24, 2.45) is 0 Å². The SMILES string of the molecule is COCc1nnc(SCc2ccc(C(=O)NCc3cccc(C(F)(F)F)c3)cc2)n1-c1ccc(F)cc1. The summed E-state index contributed by atoms with van der Waals surface area (Å²) >= 11 is 1.42. The van der Waals surface area contributed by atoms with Crippen molar-refractivity contribution in [3.8, 4) is 5.69 Å². The molecule has 0 saturated carbocycles. The molecule has 6 nitrogen and oxygen atoms in total. The number of carbonyl (C=O) groups is 1. The highest BCUT2D eigenvalue weighted by Gasteiger charge is 2.30. The highest BCUT2D eigenvalue weighted by Crippen LogP contribution is 2.29. The first kappa shape index (κ1) is 26.4. The number of amides is 1. The number of carbonyl (C=O) groups excluding carboxylic acids is 1. The number of hydrogen-bond donors (Lipinski definition) is 1. The first-order valence-electron chi connectivity index (χ1n) is 11.1. The van der Waals surface area contributed by atoms with Gasteiger partial charge in [0.1, 0.15) is 12.4 Å². The molecule has 0 saturated heterocycles. The van der Waals surface area contributed by atoms with Gasteiger partial charge in [0, 0.05) is 30.7 Å². The summed E-state index contributed by atoms with van der Waals surface area (Å²) < 4.78 is 59.0. The molecule has 1 heterocycles. The highest BCUT2D eigenvalue weighted by atomic mass is 32.2. The van der Waals surface area contributed by atoms with E-state index >= 15 is 0 Å². The summed E-state index contributed by atoms with van der Waals surface area (Å²) in [5, 5.41) is 11.7. The van der Waals surface area contributed by atoms with Crippen LogP contribution < -0.4 is 5.32 Å². The van der Waals surface area contributed by atoms with Crippen LogP contribution in [0.4, 0.5) is 17.6 Å². The number of benzene rings is 3. The third kappa shape index (κ3) is 6.75. The first-order valence-corrected chi connectivity index (χ1v) is 12.1. The number of hydrogen-bond acceptors (Lipinski definition) is 5. The van der Waals surface area contributed by atoms with E-state index in [1.165, 1.54) is 36.0 Å². The largest absolute Gasteiger partial charge is 0.416 e. The third-order valence-corrected chi connectivity index (χ3v) is 6.35. The number of thioether (sulfide) groups is 1. The maximum Gasteiger partial charge on any atom is 0.416 e. The molecule has 1 N–H and O–H groups in total. The van der Waals surface area contributed by atoms with Crippen LogP contribution in [0.1, 0.15) is 32.9 Å². The summed E-state index contributed by atoms with van der Waals surface area (Å²) in [5.74, 6) is 0.359. The Kier molecular flexibility index (Phi) is 8.24. The summed E-state index contributed by atoms with van der Waals surface area (Å²) in [7, 11) is 1.55. The van der Waals surface area contributed by atoms with Gasteiger partial charge in [-0.25, -0.2) is 4.39 Å². The second-order valence-electron chi connectivity index (χ2n) is 8.01. The molecule has 3 aromatic carbocycles. The Hall–Kier alpha value is -3.70. The first-order chi connectivity index (χ1) is 17.7. The Morgan fingerprint density at radius 2 is 1.73 bits per heavy atom. The van der Waals surface area contributed by atoms with Gasteiger partial charge in [0.2, 0.25) is 0 Å². The molecule has 11 heteroatoms. The molecule has 192 valence electrons. The average molecular weight is 531 g/mol. The van der Waals surface area contributed by atoms with Crippen LogP contribution in [-0.2, 0) is 29.8 Å². The minimum atomic E-state index is -4.44. The van der Waals surface area contributed by atoms with E-state index in [4.69, 9.17) is 4.74 Å². The fourth-order valence-corrected chi connectivity index (χ4v) is 4.43. The molecule has 4 aromatic rings. The average Bonchev–Trinajstić information content (AvgIpc) is 3.29. The van der Waals surface area contributed by atoms with E-state index < -0.39 is 17.6 Å². The molecule has 1 aromatic heterocycles. The van der Waals surface area contributed by atoms with Gasteiger partial charge in [-0.15, -0.1) is 10.2 Å². The quantitative estimate of drug-likeness (QED) is 0.219. The molecule has 0 spiro atoms. The van der Waals surface area contributed by atoms with Crippen molar-refractivity contribution in [2.45, 2.75) is 30.2 Å². The predicted molar refractivity (Wildman–Crippen MR) is 131 cm³/mol. The van der Waals surface area contributed by atoms with Gasteiger partial charge < -0.3 is 10.1 Å². The van der Waals surface area contributed by atoms with Gasteiger partial charge in [0.05, 0.1) is 5.56 Å². The number of nitrogens with zero attached hydrogens (tertiary/aromatic N) is 3. The van der Waals surface area contributed by atoms with Crippen molar-refractivity contribution >= 4 is 17.7 Å². The Morgan fingerprint density at radius 3 is 2.41 bits per heavy atom. The highest BCUT2D eigenvalue weighted by molar-refractivity contribution is 7.98. The van der Waals surface area contributed by atoms with E-state index in [1.807, 2.05) is 0 Å². The van der Waals surface area contributed by atoms with Gasteiger partial charge in [0.25, 0.3) is 5.91 Å². The predicted octanol–water partition coefficient (Wildman–Crippen LogP) is 5.79. The van der Waals surface area contributed by atoms with Crippen LogP contribution in [-0.4, -0.2) is 27.8 Å². The lowest BCUT2D eigenvalue weighted by Crippen LogP contribution is -2.23. The van der Waals surface area contributed by atoms with Gasteiger partial charge in [-0.2, -0.15) is 13.2 Å². The van der Waals surface area contributed by atoms with E-state index in [2.05, 4.69) is 15.5 Å². The van der Waals surface area contributed by atoms with Crippen LogP contribution in [0.15, 0.2) is 78.0 Å². The van der Waals surface area contributed by atoms with Crippen molar-refractivity contribution in [1.82, 2.24) is 20.1 Å². The molecule has 0 aliphatic rings. The minimum absolute atomic E-state index is 0.0246. The number of ether oxygens (including phenoxy) is 1. The summed E-state index contributed by atoms with van der Waals surface area (Å²) in [6.07, 6.45) is -4.44. The normalized spacial score (nSPS) is 11.5. The lowest BCUT2D eigenvalue weighted by atomic mass is 10.1. The van der Waals surface area contributed by atoms with Crippen molar-refractivity contribution in [3.63, 3.8) is 0 Å². The smallest absolute Gasteiger partial charge is 0.377 e. The zero-order chi connectivity index (χ0) is 26.4. The molecule has 4 rings (SSSR count). The summed E-state index contributed by atoms with van der Waals surface area (Å²) in [5.41, 5.74) is 1.60. The third-order valence-electron chi connectivity index (χ3n) is 5.35. The Morgan fingerprint density at radius 1 is 1.00 bits per heavy atom. The maximum atomic E-state index is 13.4. The van der Waals surface area contributed by atoms with Gasteiger partial charge >= 0.3 is 6.18 Å². The lowest BCUT2D eigenvalue weighted by molar-refractivity contribution is -0.137. The number of alkyl halides is 3. The second-order valence-corrected chi connectivity index (χ2v) is 8.95. The van der Waals surface area contributed by atoms with E-state index in [1.54, 1.807) is 48.1 Å². The van der Waals surface area contributed by atoms with Crippen molar-refractivity contribution in [3.05, 3.63) is 107 Å². The molecule has 0 aliphatic heterocycles. The molecule has 1 amide bonds. The number of aromatic nitrogens is 3. The topological polar surface area (TPSA) is 69.0 Å². The Balaban J connectivity index is 1.39. The van der Waals surface area contributed by atoms with E-state index in [-0.39, 0.29) is 19.0 Å². The van der Waals surface area contributed by atoms with Crippen LogP contribution in [0.25, 0.3) is 5.69 Å². The second kappa shape index (κ2) is 11.6. The monoisotopic (exact) mass is 530 g/mol. The summed E-state index contributed by atoms with van der Waals surface area (Å²) in [6.45, 7) is 0.207. The summed E-state index contributed by atoms with van der Waals surface area (Å²) in [4.78, 5) is 12.5. The Labute approximate surface area is 214 Å². The number of halogens is 4. The van der Waals surface area contributed by atoms with Crippen LogP contribution in [0, 0.1) is 5.82 Å². The van der Waals surface area contributed by atoms with Crippen LogP contribution in [0.3, 0.4) is 0 Å². The van der Waals surface area contributed by atoms with Crippen LogP contribution in [0.2, 0.25) is 0 Å².